The number of hydrogen-bond donors (Lipinski definition) is 1. The van der Waals surface area contributed by atoms with Crippen LogP contribution in [0.5, 0.6) is 0 Å². The smallest absolute Gasteiger partial charge is 0.126 e. The fourth-order valence-electron chi connectivity index (χ4n) is 2.90. The van der Waals surface area contributed by atoms with Gasteiger partial charge in [-0.05, 0) is 56.3 Å². The second kappa shape index (κ2) is 5.80. The summed E-state index contributed by atoms with van der Waals surface area (Å²) in [6, 6.07) is 7.19. The van der Waals surface area contributed by atoms with Gasteiger partial charge in [-0.1, -0.05) is 0 Å². The average Bonchev–Trinajstić information content (AvgIpc) is 3.11. The summed E-state index contributed by atoms with van der Waals surface area (Å²) in [4.78, 5) is 2.25. The predicted octanol–water partition coefficient (Wildman–Crippen LogP) is 2.67. The SMILES string of the molecule is N#Cc1cc(F)cc(N(CC2CC2)CC2CCCN2)c1. The lowest BCUT2D eigenvalue weighted by atomic mass is 10.1. The van der Waals surface area contributed by atoms with Gasteiger partial charge in [0.05, 0.1) is 11.6 Å². The maximum absolute atomic E-state index is 13.6. The highest BCUT2D eigenvalue weighted by atomic mass is 19.1. The summed E-state index contributed by atoms with van der Waals surface area (Å²) in [7, 11) is 0. The first-order valence-electron chi connectivity index (χ1n) is 7.43. The molecule has 1 atom stereocenters. The summed E-state index contributed by atoms with van der Waals surface area (Å²) in [5.41, 5.74) is 1.25. The van der Waals surface area contributed by atoms with Crippen LogP contribution in [0.1, 0.15) is 31.2 Å². The van der Waals surface area contributed by atoms with E-state index in [1.54, 1.807) is 12.1 Å². The molecule has 1 heterocycles. The Morgan fingerprint density at radius 2 is 2.10 bits per heavy atom. The van der Waals surface area contributed by atoms with E-state index in [0.717, 1.165) is 31.2 Å². The maximum atomic E-state index is 13.6. The number of benzene rings is 1. The molecule has 1 N–H and O–H groups in total. The van der Waals surface area contributed by atoms with Crippen molar-refractivity contribution in [2.75, 3.05) is 24.5 Å². The van der Waals surface area contributed by atoms with Crippen LogP contribution in [0.3, 0.4) is 0 Å². The molecule has 0 spiro atoms. The third-order valence-corrected chi connectivity index (χ3v) is 4.16. The number of anilines is 1. The van der Waals surface area contributed by atoms with Crippen LogP contribution in [0, 0.1) is 23.1 Å². The van der Waals surface area contributed by atoms with Gasteiger partial charge in [-0.25, -0.2) is 4.39 Å². The van der Waals surface area contributed by atoms with Crippen LogP contribution in [0.4, 0.5) is 10.1 Å². The first-order valence-corrected chi connectivity index (χ1v) is 7.43. The van der Waals surface area contributed by atoms with Crippen molar-refractivity contribution in [2.45, 2.75) is 31.7 Å². The van der Waals surface area contributed by atoms with E-state index in [2.05, 4.69) is 10.2 Å². The number of hydrogen-bond acceptors (Lipinski definition) is 3. The van der Waals surface area contributed by atoms with Gasteiger partial charge in [0.15, 0.2) is 0 Å². The third kappa shape index (κ3) is 3.29. The zero-order valence-electron chi connectivity index (χ0n) is 11.6. The number of rotatable bonds is 5. The molecule has 3 nitrogen and oxygen atoms in total. The van der Waals surface area contributed by atoms with E-state index in [9.17, 15) is 4.39 Å². The molecule has 2 fully saturated rings. The van der Waals surface area contributed by atoms with Crippen molar-refractivity contribution in [3.8, 4) is 6.07 Å². The normalized spacial score (nSPS) is 21.7. The molecular formula is C16H20FN3. The fourth-order valence-corrected chi connectivity index (χ4v) is 2.90. The molecule has 1 saturated carbocycles. The molecule has 1 aromatic rings. The Balaban J connectivity index is 1.79. The van der Waals surface area contributed by atoms with E-state index >= 15 is 0 Å². The van der Waals surface area contributed by atoms with Gasteiger partial charge in [0.2, 0.25) is 0 Å². The zero-order chi connectivity index (χ0) is 13.9. The summed E-state index contributed by atoms with van der Waals surface area (Å²) >= 11 is 0. The minimum absolute atomic E-state index is 0.320. The molecule has 0 radical (unpaired) electrons. The van der Waals surface area contributed by atoms with Crippen molar-refractivity contribution in [1.29, 1.82) is 5.26 Å². The van der Waals surface area contributed by atoms with Crippen molar-refractivity contribution in [3.05, 3.63) is 29.6 Å². The molecule has 0 bridgehead atoms. The lowest BCUT2D eigenvalue weighted by Gasteiger charge is -2.28. The van der Waals surface area contributed by atoms with Crippen LogP contribution in [0.15, 0.2) is 18.2 Å². The standard InChI is InChI=1S/C16H20FN3/c17-14-6-13(9-18)7-16(8-14)20(10-12-3-4-12)11-15-2-1-5-19-15/h6-8,12,15,19H,1-5,10-11H2. The van der Waals surface area contributed by atoms with Crippen LogP contribution >= 0.6 is 0 Å². The molecule has 1 unspecified atom stereocenters. The van der Waals surface area contributed by atoms with Gasteiger partial charge in [0.1, 0.15) is 5.82 Å². The van der Waals surface area contributed by atoms with Crippen LogP contribution in [-0.4, -0.2) is 25.7 Å². The topological polar surface area (TPSA) is 39.1 Å². The molecule has 1 saturated heterocycles. The summed E-state index contributed by atoms with van der Waals surface area (Å²) in [5.74, 6) is 0.421. The molecular weight excluding hydrogens is 253 g/mol. The van der Waals surface area contributed by atoms with Crippen molar-refractivity contribution < 1.29 is 4.39 Å². The number of nitrogens with one attached hydrogen (secondary N) is 1. The number of halogens is 1. The van der Waals surface area contributed by atoms with E-state index in [1.807, 2.05) is 6.07 Å². The van der Waals surface area contributed by atoms with Gasteiger partial charge in [-0.3, -0.25) is 0 Å². The van der Waals surface area contributed by atoms with Gasteiger partial charge in [0.25, 0.3) is 0 Å². The highest BCUT2D eigenvalue weighted by Gasteiger charge is 2.27. The lowest BCUT2D eigenvalue weighted by Crippen LogP contribution is -2.38. The summed E-state index contributed by atoms with van der Waals surface area (Å²) in [5, 5.41) is 12.5. The Bertz CT molecular complexity index is 513. The van der Waals surface area contributed by atoms with Crippen LogP contribution in [-0.2, 0) is 0 Å². The Morgan fingerprint density at radius 3 is 2.75 bits per heavy atom. The minimum Gasteiger partial charge on any atom is -0.370 e. The molecule has 0 aromatic heterocycles. The molecule has 1 aromatic carbocycles. The predicted molar refractivity (Wildman–Crippen MR) is 77.1 cm³/mol. The van der Waals surface area contributed by atoms with Crippen molar-refractivity contribution in [3.63, 3.8) is 0 Å². The van der Waals surface area contributed by atoms with Crippen molar-refractivity contribution >= 4 is 5.69 Å². The Morgan fingerprint density at radius 1 is 1.25 bits per heavy atom. The summed E-state index contributed by atoms with van der Waals surface area (Å²) in [6.45, 7) is 2.96. The highest BCUT2D eigenvalue weighted by Crippen LogP contribution is 2.32. The molecule has 4 heteroatoms. The highest BCUT2D eigenvalue weighted by molar-refractivity contribution is 5.52. The van der Waals surface area contributed by atoms with Crippen LogP contribution in [0.2, 0.25) is 0 Å². The average molecular weight is 273 g/mol. The third-order valence-electron chi connectivity index (χ3n) is 4.16. The summed E-state index contributed by atoms with van der Waals surface area (Å²) < 4.78 is 13.6. The number of nitriles is 1. The molecule has 1 aliphatic carbocycles. The van der Waals surface area contributed by atoms with Crippen LogP contribution in [0.25, 0.3) is 0 Å². The lowest BCUT2D eigenvalue weighted by molar-refractivity contribution is 0.568. The first-order chi connectivity index (χ1) is 9.74. The first kappa shape index (κ1) is 13.4. The van der Waals surface area contributed by atoms with Crippen molar-refractivity contribution in [2.24, 2.45) is 5.92 Å². The minimum atomic E-state index is -0.320. The Kier molecular flexibility index (Phi) is 3.88. The quantitative estimate of drug-likeness (QED) is 0.896. The van der Waals surface area contributed by atoms with E-state index in [4.69, 9.17) is 5.26 Å². The second-order valence-corrected chi connectivity index (χ2v) is 5.95. The Labute approximate surface area is 119 Å². The molecule has 20 heavy (non-hydrogen) atoms. The Hall–Kier alpha value is -1.60. The van der Waals surface area contributed by atoms with Gasteiger partial charge in [-0.15, -0.1) is 0 Å². The van der Waals surface area contributed by atoms with Gasteiger partial charge in [0, 0.05) is 24.8 Å². The van der Waals surface area contributed by atoms with E-state index in [-0.39, 0.29) is 5.82 Å². The summed E-state index contributed by atoms with van der Waals surface area (Å²) in [6.07, 6.45) is 4.94. The largest absolute Gasteiger partial charge is 0.370 e. The molecule has 2 aliphatic rings. The van der Waals surface area contributed by atoms with Crippen molar-refractivity contribution in [1.82, 2.24) is 5.32 Å². The van der Waals surface area contributed by atoms with Gasteiger partial charge >= 0.3 is 0 Å². The molecule has 3 rings (SSSR count). The second-order valence-electron chi connectivity index (χ2n) is 5.95. The van der Waals surface area contributed by atoms with E-state index in [1.165, 1.54) is 31.7 Å². The van der Waals surface area contributed by atoms with Gasteiger partial charge in [-0.2, -0.15) is 5.26 Å². The fraction of sp³-hybridized carbons (Fsp3) is 0.562. The maximum Gasteiger partial charge on any atom is 0.126 e. The molecule has 0 amide bonds. The van der Waals surface area contributed by atoms with Crippen LogP contribution < -0.4 is 10.2 Å². The monoisotopic (exact) mass is 273 g/mol. The molecule has 1 aliphatic heterocycles. The van der Waals surface area contributed by atoms with Gasteiger partial charge < -0.3 is 10.2 Å². The number of nitrogens with zero attached hydrogens (tertiary/aromatic N) is 2. The zero-order valence-corrected chi connectivity index (χ0v) is 11.6. The van der Waals surface area contributed by atoms with E-state index in [0.29, 0.717) is 11.6 Å². The molecule has 106 valence electrons. The van der Waals surface area contributed by atoms with E-state index < -0.39 is 0 Å².